The van der Waals surface area contributed by atoms with Crippen molar-refractivity contribution in [3.8, 4) is 17.0 Å². The monoisotopic (exact) mass is 417 g/mol. The molecule has 0 aliphatic rings. The molecule has 0 saturated carbocycles. The SMILES string of the molecule is COc1cccc(CNC(=O)c2nc(Cn3nc(-c4ccccc4)ccc3=O)no2)c1. The second-order valence-corrected chi connectivity index (χ2v) is 6.63. The standard InChI is InChI=1S/C22H19N5O4/c1-30-17-9-5-6-15(12-17)13-23-21(29)22-24-19(26-31-22)14-27-20(28)11-10-18(25-27)16-7-3-2-4-8-16/h2-12H,13-14H2,1H3,(H,23,29). The van der Waals surface area contributed by atoms with Gasteiger partial charge in [-0.15, -0.1) is 0 Å². The van der Waals surface area contributed by atoms with Gasteiger partial charge in [-0.2, -0.15) is 10.1 Å². The summed E-state index contributed by atoms with van der Waals surface area (Å²) in [7, 11) is 1.58. The first-order chi connectivity index (χ1) is 15.1. The van der Waals surface area contributed by atoms with Crippen LogP contribution in [0, 0.1) is 0 Å². The molecule has 0 unspecified atom stereocenters. The predicted molar refractivity (Wildman–Crippen MR) is 111 cm³/mol. The van der Waals surface area contributed by atoms with Gasteiger partial charge in [0, 0.05) is 18.2 Å². The van der Waals surface area contributed by atoms with Gasteiger partial charge in [0.1, 0.15) is 12.3 Å². The number of methoxy groups -OCH3 is 1. The molecule has 156 valence electrons. The molecule has 0 saturated heterocycles. The van der Waals surface area contributed by atoms with Gasteiger partial charge in [0.15, 0.2) is 5.82 Å². The Morgan fingerprint density at radius 3 is 2.74 bits per heavy atom. The highest BCUT2D eigenvalue weighted by Gasteiger charge is 2.16. The molecule has 0 aliphatic heterocycles. The lowest BCUT2D eigenvalue weighted by Gasteiger charge is -2.05. The van der Waals surface area contributed by atoms with Crippen LogP contribution in [-0.2, 0) is 13.1 Å². The molecule has 0 fully saturated rings. The Balaban J connectivity index is 1.44. The minimum absolute atomic E-state index is 0.0217. The number of nitrogens with one attached hydrogen (secondary N) is 1. The molecule has 4 aromatic rings. The van der Waals surface area contributed by atoms with Gasteiger partial charge in [0.05, 0.1) is 12.8 Å². The maximum Gasteiger partial charge on any atom is 0.316 e. The zero-order chi connectivity index (χ0) is 21.6. The molecular weight excluding hydrogens is 398 g/mol. The van der Waals surface area contributed by atoms with E-state index in [-0.39, 0.29) is 30.4 Å². The first-order valence-electron chi connectivity index (χ1n) is 9.49. The van der Waals surface area contributed by atoms with Gasteiger partial charge < -0.3 is 14.6 Å². The van der Waals surface area contributed by atoms with Crippen molar-refractivity contribution >= 4 is 5.91 Å². The second kappa shape index (κ2) is 9.04. The van der Waals surface area contributed by atoms with Crippen molar-refractivity contribution in [3.63, 3.8) is 0 Å². The van der Waals surface area contributed by atoms with Crippen LogP contribution in [0.25, 0.3) is 11.3 Å². The number of carbonyl (C=O) groups excluding carboxylic acids is 1. The summed E-state index contributed by atoms with van der Waals surface area (Å²) in [6.45, 7) is 0.250. The van der Waals surface area contributed by atoms with E-state index in [1.165, 1.54) is 10.7 Å². The Hall–Kier alpha value is -4.27. The lowest BCUT2D eigenvalue weighted by molar-refractivity contribution is 0.0907. The van der Waals surface area contributed by atoms with Gasteiger partial charge >= 0.3 is 11.8 Å². The van der Waals surface area contributed by atoms with Gasteiger partial charge in [-0.05, 0) is 23.8 Å². The van der Waals surface area contributed by atoms with E-state index in [0.29, 0.717) is 11.4 Å². The normalized spacial score (nSPS) is 10.6. The molecule has 2 heterocycles. The molecule has 31 heavy (non-hydrogen) atoms. The van der Waals surface area contributed by atoms with Crippen LogP contribution < -0.4 is 15.6 Å². The average molecular weight is 417 g/mol. The number of hydrogen-bond donors (Lipinski definition) is 1. The largest absolute Gasteiger partial charge is 0.497 e. The highest BCUT2D eigenvalue weighted by atomic mass is 16.5. The van der Waals surface area contributed by atoms with Crippen LogP contribution in [0.15, 0.2) is 76.0 Å². The summed E-state index contributed by atoms with van der Waals surface area (Å²) in [5, 5.41) is 10.9. The minimum Gasteiger partial charge on any atom is -0.497 e. The lowest BCUT2D eigenvalue weighted by Crippen LogP contribution is -2.24. The van der Waals surface area contributed by atoms with Crippen molar-refractivity contribution in [2.45, 2.75) is 13.1 Å². The van der Waals surface area contributed by atoms with E-state index in [0.717, 1.165) is 11.1 Å². The lowest BCUT2D eigenvalue weighted by atomic mass is 10.1. The number of rotatable bonds is 7. The van der Waals surface area contributed by atoms with Crippen molar-refractivity contribution in [1.82, 2.24) is 25.2 Å². The Morgan fingerprint density at radius 1 is 1.10 bits per heavy atom. The predicted octanol–water partition coefficient (Wildman–Crippen LogP) is 2.28. The summed E-state index contributed by atoms with van der Waals surface area (Å²) < 4.78 is 11.4. The Morgan fingerprint density at radius 2 is 1.94 bits per heavy atom. The zero-order valence-corrected chi connectivity index (χ0v) is 16.7. The molecule has 2 aromatic carbocycles. The number of carbonyl (C=O) groups is 1. The average Bonchev–Trinajstić information content (AvgIpc) is 3.28. The molecule has 9 heteroatoms. The van der Waals surface area contributed by atoms with E-state index in [1.54, 1.807) is 13.2 Å². The summed E-state index contributed by atoms with van der Waals surface area (Å²) in [6, 6.07) is 19.9. The van der Waals surface area contributed by atoms with Crippen LogP contribution in [0.1, 0.15) is 22.1 Å². The number of ether oxygens (including phenoxy) is 1. The quantitative estimate of drug-likeness (QED) is 0.491. The van der Waals surface area contributed by atoms with Crippen LogP contribution in [0.4, 0.5) is 0 Å². The Kier molecular flexibility index (Phi) is 5.84. The third kappa shape index (κ3) is 4.84. The molecule has 0 spiro atoms. The minimum atomic E-state index is -0.514. The van der Waals surface area contributed by atoms with Crippen molar-refractivity contribution in [1.29, 1.82) is 0 Å². The number of amides is 1. The molecule has 0 aliphatic carbocycles. The summed E-state index contributed by atoms with van der Waals surface area (Å²) in [5.41, 5.74) is 2.07. The van der Waals surface area contributed by atoms with Gasteiger partial charge in [0.2, 0.25) is 0 Å². The van der Waals surface area contributed by atoms with Crippen LogP contribution in [0.5, 0.6) is 5.75 Å². The van der Waals surface area contributed by atoms with E-state index < -0.39 is 5.91 Å². The maximum absolute atomic E-state index is 12.3. The molecule has 1 N–H and O–H groups in total. The highest BCUT2D eigenvalue weighted by Crippen LogP contribution is 2.14. The van der Waals surface area contributed by atoms with E-state index >= 15 is 0 Å². The fraction of sp³-hybridized carbons (Fsp3) is 0.136. The number of aromatic nitrogens is 4. The first-order valence-corrected chi connectivity index (χ1v) is 9.49. The topological polar surface area (TPSA) is 112 Å². The third-order valence-corrected chi connectivity index (χ3v) is 4.48. The van der Waals surface area contributed by atoms with Gasteiger partial charge in [0.25, 0.3) is 5.56 Å². The summed E-state index contributed by atoms with van der Waals surface area (Å²) in [4.78, 5) is 28.6. The first kappa shape index (κ1) is 20.0. The molecular formula is C22H19N5O4. The van der Waals surface area contributed by atoms with E-state index in [9.17, 15) is 9.59 Å². The molecule has 9 nitrogen and oxygen atoms in total. The zero-order valence-electron chi connectivity index (χ0n) is 16.7. The summed E-state index contributed by atoms with van der Waals surface area (Å²) >= 11 is 0. The van der Waals surface area contributed by atoms with Crippen LogP contribution >= 0.6 is 0 Å². The smallest absolute Gasteiger partial charge is 0.316 e. The maximum atomic E-state index is 12.3. The Bertz CT molecular complexity index is 1250. The summed E-state index contributed by atoms with van der Waals surface area (Å²) in [6.07, 6.45) is 0. The van der Waals surface area contributed by atoms with Gasteiger partial charge in [-0.1, -0.05) is 47.6 Å². The van der Waals surface area contributed by atoms with Crippen LogP contribution in [-0.4, -0.2) is 32.9 Å². The van der Waals surface area contributed by atoms with Gasteiger partial charge in [-0.25, -0.2) is 4.68 Å². The second-order valence-electron chi connectivity index (χ2n) is 6.63. The van der Waals surface area contributed by atoms with Crippen LogP contribution in [0.2, 0.25) is 0 Å². The van der Waals surface area contributed by atoms with Gasteiger partial charge in [-0.3, -0.25) is 9.59 Å². The third-order valence-electron chi connectivity index (χ3n) is 4.48. The fourth-order valence-corrected chi connectivity index (χ4v) is 2.91. The van der Waals surface area contributed by atoms with Crippen LogP contribution in [0.3, 0.4) is 0 Å². The van der Waals surface area contributed by atoms with Crippen molar-refractivity contribution in [2.75, 3.05) is 7.11 Å². The number of nitrogens with zero attached hydrogens (tertiary/aromatic N) is 4. The van der Waals surface area contributed by atoms with E-state index in [4.69, 9.17) is 9.26 Å². The fourth-order valence-electron chi connectivity index (χ4n) is 2.91. The van der Waals surface area contributed by atoms with Crippen molar-refractivity contribution < 1.29 is 14.1 Å². The molecule has 0 atom stereocenters. The molecule has 0 bridgehead atoms. The molecule has 2 aromatic heterocycles. The number of benzene rings is 2. The number of hydrogen-bond acceptors (Lipinski definition) is 7. The van der Waals surface area contributed by atoms with E-state index in [2.05, 4.69) is 20.6 Å². The highest BCUT2D eigenvalue weighted by molar-refractivity contribution is 5.89. The molecule has 1 amide bonds. The Labute approximate surface area is 177 Å². The molecule has 4 rings (SSSR count). The summed E-state index contributed by atoms with van der Waals surface area (Å²) in [5.74, 6) is 0.166. The molecule has 0 radical (unpaired) electrons. The van der Waals surface area contributed by atoms with Crippen molar-refractivity contribution in [2.24, 2.45) is 0 Å². The van der Waals surface area contributed by atoms with Crippen molar-refractivity contribution in [3.05, 3.63) is 94.4 Å². The van der Waals surface area contributed by atoms with E-state index in [1.807, 2.05) is 54.6 Å².